The Hall–Kier alpha value is -3.05. The highest BCUT2D eigenvalue weighted by molar-refractivity contribution is 5.95. The number of hydrogen-bond acceptors (Lipinski definition) is 5. The zero-order valence-corrected chi connectivity index (χ0v) is 10.9. The summed E-state index contributed by atoms with van der Waals surface area (Å²) in [5, 5.41) is 21.3. The summed E-state index contributed by atoms with van der Waals surface area (Å²) in [5.74, 6) is 0.707. The van der Waals surface area contributed by atoms with Crippen molar-refractivity contribution >= 4 is 16.6 Å². The van der Waals surface area contributed by atoms with Crippen LogP contribution in [-0.4, -0.2) is 11.6 Å². The molecule has 5 nitrogen and oxygen atoms in total. The van der Waals surface area contributed by atoms with Crippen molar-refractivity contribution in [2.75, 3.05) is 11.9 Å². The van der Waals surface area contributed by atoms with Gasteiger partial charge >= 0.3 is 0 Å². The van der Waals surface area contributed by atoms with Crippen molar-refractivity contribution in [2.45, 2.75) is 6.92 Å². The molecule has 2 rings (SSSR count). The second-order valence-electron chi connectivity index (χ2n) is 3.87. The number of nitriles is 2. The maximum absolute atomic E-state index is 8.72. The topological polar surface area (TPSA) is 81.7 Å². The molecule has 5 heteroatoms. The van der Waals surface area contributed by atoms with Gasteiger partial charge in [0.05, 0.1) is 6.61 Å². The van der Waals surface area contributed by atoms with Gasteiger partial charge in [-0.15, -0.1) is 0 Å². The van der Waals surface area contributed by atoms with Crippen molar-refractivity contribution in [1.82, 2.24) is 4.98 Å². The third-order valence-corrected chi connectivity index (χ3v) is 2.65. The van der Waals surface area contributed by atoms with E-state index in [2.05, 4.69) is 10.3 Å². The highest BCUT2D eigenvalue weighted by Gasteiger charge is 2.07. The molecule has 1 N–H and O–H groups in total. The lowest BCUT2D eigenvalue weighted by Crippen LogP contribution is -1.96. The quantitative estimate of drug-likeness (QED) is 0.858. The minimum atomic E-state index is 0.0101. The van der Waals surface area contributed by atoms with Crippen LogP contribution in [0.5, 0.6) is 5.75 Å². The van der Waals surface area contributed by atoms with E-state index in [1.54, 1.807) is 18.3 Å². The molecule has 0 radical (unpaired) electrons. The number of anilines is 1. The van der Waals surface area contributed by atoms with Gasteiger partial charge in [0.2, 0.25) is 0 Å². The Morgan fingerprint density at radius 2 is 2.15 bits per heavy atom. The minimum Gasteiger partial charge on any atom is -0.492 e. The van der Waals surface area contributed by atoms with Crippen LogP contribution in [0.3, 0.4) is 0 Å². The average Bonchev–Trinajstić information content (AvgIpc) is 2.50. The number of allylic oxidation sites excluding steroid dienone is 1. The zero-order valence-electron chi connectivity index (χ0n) is 10.9. The van der Waals surface area contributed by atoms with E-state index in [1.807, 2.05) is 31.2 Å². The molecule has 0 unspecified atom stereocenters. The average molecular weight is 264 g/mol. The Bertz CT molecular complexity index is 722. The summed E-state index contributed by atoms with van der Waals surface area (Å²) in [5.41, 5.74) is 1.51. The second kappa shape index (κ2) is 6.21. The number of aromatic nitrogens is 1. The Morgan fingerprint density at radius 3 is 2.85 bits per heavy atom. The first-order chi connectivity index (χ1) is 9.80. The van der Waals surface area contributed by atoms with Gasteiger partial charge in [0.25, 0.3) is 0 Å². The summed E-state index contributed by atoms with van der Waals surface area (Å²) in [6.07, 6.45) is 3.07. The first-order valence-corrected chi connectivity index (χ1v) is 6.07. The normalized spacial score (nSPS) is 9.35. The van der Waals surface area contributed by atoms with Gasteiger partial charge in [0.15, 0.2) is 0 Å². The van der Waals surface area contributed by atoms with E-state index in [0.717, 1.165) is 16.6 Å². The molecule has 98 valence electrons. The summed E-state index contributed by atoms with van der Waals surface area (Å²) in [6, 6.07) is 11.0. The molecule has 0 fully saturated rings. The lowest BCUT2D eigenvalue weighted by atomic mass is 10.1. The third-order valence-electron chi connectivity index (χ3n) is 2.65. The lowest BCUT2D eigenvalue weighted by Gasteiger charge is -2.10. The van der Waals surface area contributed by atoms with E-state index in [-0.39, 0.29) is 5.57 Å². The molecule has 1 aromatic heterocycles. The van der Waals surface area contributed by atoms with E-state index in [9.17, 15) is 0 Å². The van der Waals surface area contributed by atoms with Crippen LogP contribution in [0.1, 0.15) is 6.92 Å². The van der Waals surface area contributed by atoms with Gasteiger partial charge in [-0.2, -0.15) is 10.5 Å². The van der Waals surface area contributed by atoms with Crippen LogP contribution in [0.2, 0.25) is 0 Å². The summed E-state index contributed by atoms with van der Waals surface area (Å²) in [4.78, 5) is 4.31. The van der Waals surface area contributed by atoms with Crippen molar-refractivity contribution in [2.24, 2.45) is 0 Å². The fraction of sp³-hybridized carbons (Fsp3) is 0.133. The highest BCUT2D eigenvalue weighted by atomic mass is 16.5. The number of pyridine rings is 1. The number of rotatable bonds is 4. The van der Waals surface area contributed by atoms with Gasteiger partial charge in [-0.1, -0.05) is 0 Å². The number of hydrogen-bond donors (Lipinski definition) is 1. The van der Waals surface area contributed by atoms with Crippen LogP contribution in [0, 0.1) is 22.7 Å². The number of fused-ring (bicyclic) bond motifs is 1. The predicted molar refractivity (Wildman–Crippen MR) is 75.8 cm³/mol. The van der Waals surface area contributed by atoms with Gasteiger partial charge < -0.3 is 10.1 Å². The largest absolute Gasteiger partial charge is 0.492 e. The number of benzene rings is 1. The highest BCUT2D eigenvalue weighted by Crippen LogP contribution is 2.30. The van der Waals surface area contributed by atoms with E-state index < -0.39 is 0 Å². The van der Waals surface area contributed by atoms with Crippen LogP contribution in [0.15, 0.2) is 42.2 Å². The fourth-order valence-corrected chi connectivity index (χ4v) is 1.78. The Labute approximate surface area is 116 Å². The number of nitrogens with zero attached hydrogens (tertiary/aromatic N) is 3. The standard InChI is InChI=1S/C15H12N4O/c1-2-20-14-6-5-13(19-10-11(8-16)9-17)12-4-3-7-18-15(12)14/h3-7,10,19H,2H2,1H3. The van der Waals surface area contributed by atoms with Gasteiger partial charge in [0, 0.05) is 23.5 Å². The third kappa shape index (κ3) is 2.68. The number of nitrogens with one attached hydrogen (secondary N) is 1. The molecule has 0 bridgehead atoms. The molecule has 0 aliphatic heterocycles. The first kappa shape index (κ1) is 13.4. The smallest absolute Gasteiger partial charge is 0.145 e. The SMILES string of the molecule is CCOc1ccc(NC=C(C#N)C#N)c2cccnc12. The van der Waals surface area contributed by atoms with E-state index in [0.29, 0.717) is 12.4 Å². The minimum absolute atomic E-state index is 0.0101. The van der Waals surface area contributed by atoms with Crippen molar-refractivity contribution in [3.05, 3.63) is 42.2 Å². The number of ether oxygens (including phenoxy) is 1. The van der Waals surface area contributed by atoms with Crippen LogP contribution < -0.4 is 10.1 Å². The van der Waals surface area contributed by atoms with Crippen LogP contribution in [0.25, 0.3) is 10.9 Å². The van der Waals surface area contributed by atoms with Crippen LogP contribution >= 0.6 is 0 Å². The van der Waals surface area contributed by atoms with Crippen molar-refractivity contribution in [3.63, 3.8) is 0 Å². The maximum Gasteiger partial charge on any atom is 0.145 e. The molecule has 0 aliphatic rings. The lowest BCUT2D eigenvalue weighted by molar-refractivity contribution is 0.343. The first-order valence-electron chi connectivity index (χ1n) is 6.07. The Morgan fingerprint density at radius 1 is 1.35 bits per heavy atom. The summed E-state index contributed by atoms with van der Waals surface area (Å²) in [6.45, 7) is 2.47. The molecule has 1 aromatic carbocycles. The molecule has 0 spiro atoms. The molecule has 0 saturated carbocycles. The predicted octanol–water partition coefficient (Wildman–Crippen LogP) is 2.98. The van der Waals surface area contributed by atoms with Crippen LogP contribution in [-0.2, 0) is 0 Å². The van der Waals surface area contributed by atoms with E-state index >= 15 is 0 Å². The van der Waals surface area contributed by atoms with Crippen molar-refractivity contribution in [3.8, 4) is 17.9 Å². The second-order valence-corrected chi connectivity index (χ2v) is 3.87. The molecule has 1 heterocycles. The van der Waals surface area contributed by atoms with Gasteiger partial charge in [-0.25, -0.2) is 0 Å². The summed E-state index contributed by atoms with van der Waals surface area (Å²) in [7, 11) is 0. The monoisotopic (exact) mass is 264 g/mol. The zero-order chi connectivity index (χ0) is 14.4. The summed E-state index contributed by atoms with van der Waals surface area (Å²) >= 11 is 0. The Balaban J connectivity index is 2.47. The fourth-order valence-electron chi connectivity index (χ4n) is 1.78. The van der Waals surface area contributed by atoms with E-state index in [4.69, 9.17) is 15.3 Å². The molecule has 2 aromatic rings. The Kier molecular flexibility index (Phi) is 4.16. The molecule has 0 saturated heterocycles. The van der Waals surface area contributed by atoms with Gasteiger partial charge in [-0.3, -0.25) is 4.98 Å². The van der Waals surface area contributed by atoms with Crippen LogP contribution in [0.4, 0.5) is 5.69 Å². The molecule has 20 heavy (non-hydrogen) atoms. The van der Waals surface area contributed by atoms with Gasteiger partial charge in [0.1, 0.15) is 29.0 Å². The van der Waals surface area contributed by atoms with Crippen molar-refractivity contribution in [1.29, 1.82) is 10.5 Å². The maximum atomic E-state index is 8.72. The van der Waals surface area contributed by atoms with Crippen molar-refractivity contribution < 1.29 is 4.74 Å². The van der Waals surface area contributed by atoms with Gasteiger partial charge in [-0.05, 0) is 31.2 Å². The summed E-state index contributed by atoms with van der Waals surface area (Å²) < 4.78 is 5.53. The molecule has 0 atom stereocenters. The molecular weight excluding hydrogens is 252 g/mol. The molecule has 0 aliphatic carbocycles. The molecular formula is C15H12N4O. The van der Waals surface area contributed by atoms with E-state index in [1.165, 1.54) is 6.20 Å². The molecule has 0 amide bonds.